The molecule has 18 heavy (non-hydrogen) atoms. The van der Waals surface area contributed by atoms with Gasteiger partial charge in [0.25, 0.3) is 0 Å². The number of carbonyl (C=O) groups is 2. The zero-order chi connectivity index (χ0) is 13.5. The molecular formula is C12H23N3O3. The van der Waals surface area contributed by atoms with Crippen molar-refractivity contribution in [2.45, 2.75) is 39.5 Å². The van der Waals surface area contributed by atoms with Gasteiger partial charge in [0.2, 0.25) is 5.91 Å². The van der Waals surface area contributed by atoms with Gasteiger partial charge < -0.3 is 9.74 Å². The average Bonchev–Trinajstić information content (AvgIpc) is 2.49. The van der Waals surface area contributed by atoms with Crippen LogP contribution in [0.2, 0.25) is 0 Å². The number of likely N-dealkylation sites (tertiary alicyclic amines) is 1. The van der Waals surface area contributed by atoms with Gasteiger partial charge in [0.15, 0.2) is 0 Å². The third kappa shape index (κ3) is 4.62. The number of nitrogens with one attached hydrogen (secondary N) is 1. The number of nitrogens with two attached hydrogens (primary N) is 1. The Morgan fingerprint density at radius 1 is 1.56 bits per heavy atom. The third-order valence-corrected chi connectivity index (χ3v) is 3.55. The minimum absolute atomic E-state index is 0.131. The first kappa shape index (κ1) is 14.9. The van der Waals surface area contributed by atoms with Gasteiger partial charge in [-0.25, -0.2) is 5.84 Å². The minimum atomic E-state index is -0.449. The monoisotopic (exact) mass is 257 g/mol. The van der Waals surface area contributed by atoms with Crippen molar-refractivity contribution in [2.75, 3.05) is 13.1 Å². The maximum absolute atomic E-state index is 11.9. The lowest BCUT2D eigenvalue weighted by Gasteiger charge is -2.21. The summed E-state index contributed by atoms with van der Waals surface area (Å²) in [6, 6.07) is 0. The van der Waals surface area contributed by atoms with Crippen molar-refractivity contribution in [3.63, 3.8) is 0 Å². The normalized spacial score (nSPS) is 21.0. The van der Waals surface area contributed by atoms with Gasteiger partial charge in [-0.15, -0.1) is 0 Å². The van der Waals surface area contributed by atoms with Crippen LogP contribution in [0.3, 0.4) is 0 Å². The summed E-state index contributed by atoms with van der Waals surface area (Å²) in [4.78, 5) is 29.2. The van der Waals surface area contributed by atoms with Crippen molar-refractivity contribution in [1.29, 1.82) is 0 Å². The van der Waals surface area contributed by atoms with Crippen LogP contribution in [0.25, 0.3) is 0 Å². The van der Waals surface area contributed by atoms with Gasteiger partial charge in [0, 0.05) is 19.5 Å². The molecule has 6 nitrogen and oxygen atoms in total. The topological polar surface area (TPSA) is 84.7 Å². The largest absolute Gasteiger partial charge is 0.356 e. The van der Waals surface area contributed by atoms with Crippen LogP contribution in [-0.2, 0) is 14.4 Å². The molecule has 1 aliphatic rings. The maximum Gasteiger partial charge on any atom is 0.328 e. The Bertz CT molecular complexity index is 294. The van der Waals surface area contributed by atoms with E-state index in [1.807, 2.05) is 5.59 Å². The van der Waals surface area contributed by atoms with Gasteiger partial charge in [-0.1, -0.05) is 19.4 Å². The van der Waals surface area contributed by atoms with Crippen LogP contribution in [-0.4, -0.2) is 29.9 Å². The average molecular weight is 257 g/mol. The summed E-state index contributed by atoms with van der Waals surface area (Å²) in [5.41, 5.74) is 1.85. The van der Waals surface area contributed by atoms with E-state index in [2.05, 4.69) is 18.7 Å². The molecule has 1 amide bonds. The van der Waals surface area contributed by atoms with Crippen molar-refractivity contribution in [3.8, 4) is 0 Å². The molecule has 0 aromatic rings. The Morgan fingerprint density at radius 2 is 2.28 bits per heavy atom. The van der Waals surface area contributed by atoms with Crippen molar-refractivity contribution in [3.05, 3.63) is 0 Å². The summed E-state index contributed by atoms with van der Waals surface area (Å²) in [5, 5.41) is 0. The predicted molar refractivity (Wildman–Crippen MR) is 66.8 cm³/mol. The number of nitrogens with zero attached hydrogens (tertiary/aromatic N) is 1. The number of carbonyl (C=O) groups excluding carboxylic acids is 2. The molecule has 3 N–H and O–H groups in total. The fraction of sp³-hybridized carbons (Fsp3) is 0.833. The smallest absolute Gasteiger partial charge is 0.328 e. The molecule has 104 valence electrons. The second kappa shape index (κ2) is 7.33. The molecule has 0 bridgehead atoms. The first-order valence-corrected chi connectivity index (χ1v) is 6.47. The molecule has 0 spiro atoms. The van der Waals surface area contributed by atoms with E-state index in [-0.39, 0.29) is 12.3 Å². The molecule has 0 aromatic carbocycles. The molecule has 0 radical (unpaired) electrons. The third-order valence-electron chi connectivity index (χ3n) is 3.55. The molecule has 1 rings (SSSR count). The quantitative estimate of drug-likeness (QED) is 0.556. The molecule has 1 aliphatic heterocycles. The Labute approximate surface area is 108 Å². The summed E-state index contributed by atoms with van der Waals surface area (Å²) in [7, 11) is 0. The lowest BCUT2D eigenvalue weighted by atomic mass is 9.89. The second-order valence-electron chi connectivity index (χ2n) is 5.05. The van der Waals surface area contributed by atoms with Gasteiger partial charge in [-0.05, 0) is 24.7 Å². The van der Waals surface area contributed by atoms with E-state index < -0.39 is 5.97 Å². The summed E-state index contributed by atoms with van der Waals surface area (Å²) >= 11 is 0. The molecular weight excluding hydrogens is 234 g/mol. The molecule has 6 heteroatoms. The molecule has 1 atom stereocenters. The minimum Gasteiger partial charge on any atom is -0.356 e. The van der Waals surface area contributed by atoms with Crippen molar-refractivity contribution in [1.82, 2.24) is 10.5 Å². The molecule has 1 fully saturated rings. The first-order chi connectivity index (χ1) is 8.54. The second-order valence-corrected chi connectivity index (χ2v) is 5.05. The molecule has 1 heterocycles. The number of hydrazine groups is 1. The SMILES string of the molecule is CC(C)C1CCC(=O)N(CCC(=O)ONN)CC1. The summed E-state index contributed by atoms with van der Waals surface area (Å²) in [6.45, 7) is 5.51. The molecule has 0 aromatic heterocycles. The highest BCUT2D eigenvalue weighted by atomic mass is 16.7. The fourth-order valence-electron chi connectivity index (χ4n) is 2.30. The van der Waals surface area contributed by atoms with Gasteiger partial charge in [-0.2, -0.15) is 0 Å². The number of amides is 1. The Hall–Kier alpha value is -1.14. The standard InChI is InChI=1S/C12H23N3O3/c1-9(2)10-3-4-11(16)15(7-5-10)8-6-12(17)18-14-13/h9-10,14H,3-8,13H2,1-2H3. The van der Waals surface area contributed by atoms with Crippen LogP contribution < -0.4 is 11.4 Å². The highest BCUT2D eigenvalue weighted by Crippen LogP contribution is 2.25. The summed E-state index contributed by atoms with van der Waals surface area (Å²) in [6.07, 6.45) is 2.70. The van der Waals surface area contributed by atoms with E-state index in [9.17, 15) is 9.59 Å². The number of rotatable bonds is 5. The highest BCUT2D eigenvalue weighted by Gasteiger charge is 2.24. The zero-order valence-electron chi connectivity index (χ0n) is 11.1. The van der Waals surface area contributed by atoms with Crippen molar-refractivity contribution >= 4 is 11.9 Å². The molecule has 0 aliphatic carbocycles. The first-order valence-electron chi connectivity index (χ1n) is 6.47. The van der Waals surface area contributed by atoms with Gasteiger partial charge in [0.1, 0.15) is 0 Å². The lowest BCUT2D eigenvalue weighted by Crippen LogP contribution is -2.34. The van der Waals surface area contributed by atoms with Crippen LogP contribution in [0.15, 0.2) is 0 Å². The van der Waals surface area contributed by atoms with E-state index in [0.717, 1.165) is 19.4 Å². The summed E-state index contributed by atoms with van der Waals surface area (Å²) < 4.78 is 0. The molecule has 0 saturated carbocycles. The Kier molecular flexibility index (Phi) is 6.07. The lowest BCUT2D eigenvalue weighted by molar-refractivity contribution is -0.151. The van der Waals surface area contributed by atoms with E-state index >= 15 is 0 Å². The maximum atomic E-state index is 11.9. The van der Waals surface area contributed by atoms with Crippen LogP contribution in [0.4, 0.5) is 0 Å². The zero-order valence-corrected chi connectivity index (χ0v) is 11.1. The number of hydrogen-bond acceptors (Lipinski definition) is 5. The Balaban J connectivity index is 2.41. The van der Waals surface area contributed by atoms with Crippen LogP contribution in [0.5, 0.6) is 0 Å². The fourth-order valence-corrected chi connectivity index (χ4v) is 2.30. The van der Waals surface area contributed by atoms with E-state index in [1.54, 1.807) is 4.90 Å². The van der Waals surface area contributed by atoms with E-state index in [4.69, 9.17) is 5.84 Å². The summed E-state index contributed by atoms with van der Waals surface area (Å²) in [5.74, 6) is 5.75. The van der Waals surface area contributed by atoms with Crippen molar-refractivity contribution in [2.24, 2.45) is 17.7 Å². The predicted octanol–water partition coefficient (Wildman–Crippen LogP) is 0.583. The Morgan fingerprint density at radius 3 is 2.89 bits per heavy atom. The highest BCUT2D eigenvalue weighted by molar-refractivity contribution is 5.77. The van der Waals surface area contributed by atoms with Crippen LogP contribution in [0, 0.1) is 11.8 Å². The van der Waals surface area contributed by atoms with Crippen LogP contribution in [0.1, 0.15) is 39.5 Å². The van der Waals surface area contributed by atoms with E-state index in [0.29, 0.717) is 24.8 Å². The van der Waals surface area contributed by atoms with Crippen molar-refractivity contribution < 1.29 is 14.4 Å². The van der Waals surface area contributed by atoms with Crippen LogP contribution >= 0.6 is 0 Å². The molecule has 1 unspecified atom stereocenters. The van der Waals surface area contributed by atoms with E-state index in [1.165, 1.54) is 0 Å². The van der Waals surface area contributed by atoms with Gasteiger partial charge in [-0.3, -0.25) is 9.59 Å². The van der Waals surface area contributed by atoms with Gasteiger partial charge >= 0.3 is 5.97 Å². The molecule has 1 saturated heterocycles. The van der Waals surface area contributed by atoms with Gasteiger partial charge in [0.05, 0.1) is 6.42 Å². The number of hydrogen-bond donors (Lipinski definition) is 2.